The number of unbranched alkanes of at least 4 members (excludes halogenated alkanes) is 1. The highest BCUT2D eigenvalue weighted by molar-refractivity contribution is 5.79. The first-order valence-electron chi connectivity index (χ1n) is 6.22. The van der Waals surface area contributed by atoms with Gasteiger partial charge in [-0.1, -0.05) is 40.0 Å². The van der Waals surface area contributed by atoms with Gasteiger partial charge in [-0.2, -0.15) is 0 Å². The first-order valence-corrected chi connectivity index (χ1v) is 6.22. The molecule has 90 valence electrons. The van der Waals surface area contributed by atoms with E-state index in [1.54, 1.807) is 0 Å². The van der Waals surface area contributed by atoms with Crippen molar-refractivity contribution in [3.8, 4) is 0 Å². The smallest absolute Gasteiger partial charge is 0.190 e. The van der Waals surface area contributed by atoms with Gasteiger partial charge in [0.05, 0.1) is 0 Å². The fourth-order valence-electron chi connectivity index (χ4n) is 1.42. The van der Waals surface area contributed by atoms with Crippen LogP contribution in [-0.2, 0) is 0 Å². The van der Waals surface area contributed by atoms with E-state index in [2.05, 4.69) is 36.4 Å². The van der Waals surface area contributed by atoms with Crippen LogP contribution in [0.5, 0.6) is 0 Å². The molecule has 0 atom stereocenters. The summed E-state index contributed by atoms with van der Waals surface area (Å²) in [5.41, 5.74) is 0. The van der Waals surface area contributed by atoms with Gasteiger partial charge in [0.1, 0.15) is 0 Å². The number of guanidine groups is 1. The molecule has 0 spiro atoms. The van der Waals surface area contributed by atoms with Crippen LogP contribution in [0, 0.1) is 5.92 Å². The number of nitrogens with zero attached hydrogens (tertiary/aromatic N) is 1. The number of hydrogen-bond acceptors (Lipinski definition) is 1. The Kier molecular flexibility index (Phi) is 9.33. The largest absolute Gasteiger partial charge is 0.356 e. The summed E-state index contributed by atoms with van der Waals surface area (Å²) in [5, 5.41) is 6.68. The standard InChI is InChI=1S/C12H27N3/c1-5-8-9-14-12(13-4)15-10-11(6-2)7-3/h11H,5-10H2,1-4H3,(H2,13,14,15). The van der Waals surface area contributed by atoms with Crippen molar-refractivity contribution < 1.29 is 0 Å². The van der Waals surface area contributed by atoms with Gasteiger partial charge in [-0.25, -0.2) is 0 Å². The van der Waals surface area contributed by atoms with Crippen molar-refractivity contribution in [1.29, 1.82) is 0 Å². The Balaban J connectivity index is 3.70. The minimum atomic E-state index is 0.759. The lowest BCUT2D eigenvalue weighted by atomic mass is 10.0. The summed E-state index contributed by atoms with van der Waals surface area (Å²) in [6.07, 6.45) is 4.88. The lowest BCUT2D eigenvalue weighted by Crippen LogP contribution is -2.40. The molecule has 0 aromatic carbocycles. The van der Waals surface area contributed by atoms with Crippen LogP contribution < -0.4 is 10.6 Å². The molecule has 0 aliphatic heterocycles. The van der Waals surface area contributed by atoms with Crippen LogP contribution in [0.2, 0.25) is 0 Å². The lowest BCUT2D eigenvalue weighted by Gasteiger charge is -2.16. The second-order valence-electron chi connectivity index (χ2n) is 3.92. The minimum absolute atomic E-state index is 0.759. The normalized spacial score (nSPS) is 11.9. The molecule has 0 fully saturated rings. The SMILES string of the molecule is CCCCNC(=NC)NCC(CC)CC. The van der Waals surface area contributed by atoms with Gasteiger partial charge >= 0.3 is 0 Å². The molecule has 15 heavy (non-hydrogen) atoms. The van der Waals surface area contributed by atoms with Crippen LogP contribution in [0.4, 0.5) is 0 Å². The molecule has 0 unspecified atom stereocenters. The van der Waals surface area contributed by atoms with Gasteiger partial charge < -0.3 is 10.6 Å². The first kappa shape index (κ1) is 14.3. The Labute approximate surface area is 94.7 Å². The number of aliphatic imine (C=N–C) groups is 1. The summed E-state index contributed by atoms with van der Waals surface area (Å²) in [6.45, 7) is 8.71. The van der Waals surface area contributed by atoms with E-state index in [-0.39, 0.29) is 0 Å². The molecule has 0 aliphatic rings. The first-order chi connectivity index (χ1) is 7.28. The zero-order chi connectivity index (χ0) is 11.5. The maximum Gasteiger partial charge on any atom is 0.190 e. The summed E-state index contributed by atoms with van der Waals surface area (Å²) < 4.78 is 0. The van der Waals surface area contributed by atoms with Gasteiger partial charge in [0, 0.05) is 20.1 Å². The van der Waals surface area contributed by atoms with Gasteiger partial charge in [0.2, 0.25) is 0 Å². The van der Waals surface area contributed by atoms with E-state index in [1.165, 1.54) is 25.7 Å². The maximum absolute atomic E-state index is 4.19. The molecule has 0 heterocycles. The van der Waals surface area contributed by atoms with E-state index in [4.69, 9.17) is 0 Å². The topological polar surface area (TPSA) is 36.4 Å². The predicted octanol–water partition coefficient (Wildman–Crippen LogP) is 2.39. The van der Waals surface area contributed by atoms with Crippen molar-refractivity contribution in [1.82, 2.24) is 10.6 Å². The van der Waals surface area contributed by atoms with E-state index >= 15 is 0 Å². The van der Waals surface area contributed by atoms with Crippen molar-refractivity contribution in [3.63, 3.8) is 0 Å². The fraction of sp³-hybridized carbons (Fsp3) is 0.917. The molecule has 0 aliphatic carbocycles. The van der Waals surface area contributed by atoms with Gasteiger partial charge in [0.25, 0.3) is 0 Å². The highest BCUT2D eigenvalue weighted by Gasteiger charge is 2.03. The monoisotopic (exact) mass is 213 g/mol. The maximum atomic E-state index is 4.19. The molecule has 0 bridgehead atoms. The highest BCUT2D eigenvalue weighted by Crippen LogP contribution is 2.04. The van der Waals surface area contributed by atoms with Crippen molar-refractivity contribution in [2.75, 3.05) is 20.1 Å². The number of nitrogens with one attached hydrogen (secondary N) is 2. The summed E-state index contributed by atoms with van der Waals surface area (Å²) in [5.74, 6) is 1.70. The summed E-state index contributed by atoms with van der Waals surface area (Å²) in [6, 6.07) is 0. The minimum Gasteiger partial charge on any atom is -0.356 e. The van der Waals surface area contributed by atoms with Gasteiger partial charge in [0.15, 0.2) is 5.96 Å². The molecule has 0 saturated carbocycles. The summed E-state index contributed by atoms with van der Waals surface area (Å²) >= 11 is 0. The molecule has 0 radical (unpaired) electrons. The molecule has 2 N–H and O–H groups in total. The second-order valence-corrected chi connectivity index (χ2v) is 3.92. The quantitative estimate of drug-likeness (QED) is 0.387. The van der Waals surface area contributed by atoms with E-state index < -0.39 is 0 Å². The van der Waals surface area contributed by atoms with Gasteiger partial charge in [-0.05, 0) is 12.3 Å². The van der Waals surface area contributed by atoms with Crippen molar-refractivity contribution in [2.45, 2.75) is 46.5 Å². The van der Waals surface area contributed by atoms with Crippen molar-refractivity contribution >= 4 is 5.96 Å². The van der Waals surface area contributed by atoms with E-state index in [0.717, 1.165) is 25.0 Å². The predicted molar refractivity (Wildman–Crippen MR) is 68.3 cm³/mol. The third kappa shape index (κ3) is 7.23. The zero-order valence-electron chi connectivity index (χ0n) is 10.8. The van der Waals surface area contributed by atoms with E-state index in [9.17, 15) is 0 Å². The highest BCUT2D eigenvalue weighted by atomic mass is 15.2. The molecule has 0 aromatic rings. The molecule has 3 nitrogen and oxygen atoms in total. The molecular formula is C12H27N3. The Morgan fingerprint density at radius 1 is 1.13 bits per heavy atom. The number of rotatable bonds is 7. The third-order valence-corrected chi connectivity index (χ3v) is 2.76. The summed E-state index contributed by atoms with van der Waals surface area (Å²) in [4.78, 5) is 4.19. The van der Waals surface area contributed by atoms with Crippen LogP contribution in [0.25, 0.3) is 0 Å². The molecule has 0 amide bonds. The van der Waals surface area contributed by atoms with Crippen molar-refractivity contribution in [3.05, 3.63) is 0 Å². The summed E-state index contributed by atoms with van der Waals surface area (Å²) in [7, 11) is 1.83. The second kappa shape index (κ2) is 9.81. The fourth-order valence-corrected chi connectivity index (χ4v) is 1.42. The molecule has 3 heteroatoms. The lowest BCUT2D eigenvalue weighted by molar-refractivity contribution is 0.481. The Hall–Kier alpha value is -0.730. The average molecular weight is 213 g/mol. The van der Waals surface area contributed by atoms with E-state index in [1.807, 2.05) is 7.05 Å². The zero-order valence-corrected chi connectivity index (χ0v) is 10.8. The van der Waals surface area contributed by atoms with E-state index in [0.29, 0.717) is 0 Å². The van der Waals surface area contributed by atoms with Crippen LogP contribution in [-0.4, -0.2) is 26.1 Å². The van der Waals surface area contributed by atoms with Crippen molar-refractivity contribution in [2.24, 2.45) is 10.9 Å². The molecule has 0 saturated heterocycles. The molecular weight excluding hydrogens is 186 g/mol. The Bertz CT molecular complexity index is 162. The molecule has 0 rings (SSSR count). The van der Waals surface area contributed by atoms with Crippen LogP contribution in [0.3, 0.4) is 0 Å². The van der Waals surface area contributed by atoms with Gasteiger partial charge in [-0.3, -0.25) is 4.99 Å². The Morgan fingerprint density at radius 2 is 1.80 bits per heavy atom. The number of hydrogen-bond donors (Lipinski definition) is 2. The van der Waals surface area contributed by atoms with Crippen LogP contribution in [0.1, 0.15) is 46.5 Å². The van der Waals surface area contributed by atoms with Gasteiger partial charge in [-0.15, -0.1) is 0 Å². The molecule has 0 aromatic heterocycles. The van der Waals surface area contributed by atoms with Crippen LogP contribution in [0.15, 0.2) is 4.99 Å². The Morgan fingerprint density at radius 3 is 2.27 bits per heavy atom. The third-order valence-electron chi connectivity index (χ3n) is 2.76. The average Bonchev–Trinajstić information content (AvgIpc) is 2.28. The van der Waals surface area contributed by atoms with Crippen LogP contribution >= 0.6 is 0 Å².